The number of hydroxylamine groups is 1. The third-order valence-corrected chi connectivity index (χ3v) is 2.31. The molecule has 4 N–H and O–H groups in total. The molecule has 0 heterocycles. The van der Waals surface area contributed by atoms with Gasteiger partial charge in [0, 0.05) is 0 Å². The first-order valence-electron chi connectivity index (χ1n) is 5.48. The first-order chi connectivity index (χ1) is 8.67. The smallest absolute Gasteiger partial charge is 0.260 e. The molecule has 5 heteroatoms. The molecule has 0 aliphatic carbocycles. The lowest BCUT2D eigenvalue weighted by Gasteiger charge is -2.09. The number of nitrogens with one attached hydrogen (secondary N) is 1. The molecule has 1 amide bonds. The van der Waals surface area contributed by atoms with E-state index in [1.807, 2.05) is 12.1 Å². The van der Waals surface area contributed by atoms with Crippen LogP contribution in [0.2, 0.25) is 0 Å². The van der Waals surface area contributed by atoms with Crippen LogP contribution in [0.1, 0.15) is 12.5 Å². The molecular weight excluding hydrogens is 232 g/mol. The molecule has 0 fully saturated rings. The van der Waals surface area contributed by atoms with Crippen LogP contribution in [0.3, 0.4) is 0 Å². The van der Waals surface area contributed by atoms with Gasteiger partial charge in [0.2, 0.25) is 0 Å². The number of ether oxygens (including phenoxy) is 1. The normalized spacial score (nSPS) is 11.1. The number of rotatable bonds is 5. The Bertz CT molecular complexity index is 446. The van der Waals surface area contributed by atoms with E-state index in [9.17, 15) is 4.79 Å². The van der Waals surface area contributed by atoms with Crippen LogP contribution in [0.4, 0.5) is 0 Å². The molecule has 0 aliphatic rings. The lowest BCUT2D eigenvalue weighted by molar-refractivity contribution is -0.130. The summed E-state index contributed by atoms with van der Waals surface area (Å²) in [6.45, 7) is 2.10. The summed E-state index contributed by atoms with van der Waals surface area (Å²) in [4.78, 5) is 11.0. The topological polar surface area (TPSA) is 84.6 Å². The van der Waals surface area contributed by atoms with Gasteiger partial charge >= 0.3 is 0 Å². The molecule has 18 heavy (non-hydrogen) atoms. The molecule has 0 bridgehead atoms. The Balaban J connectivity index is 2.53. The molecule has 0 saturated carbocycles. The van der Waals surface area contributed by atoms with Crippen molar-refractivity contribution in [1.29, 1.82) is 0 Å². The average Bonchev–Trinajstić information content (AvgIpc) is 2.40. The largest absolute Gasteiger partial charge is 0.481 e. The zero-order valence-electron chi connectivity index (χ0n) is 10.1. The summed E-state index contributed by atoms with van der Waals surface area (Å²) in [5.74, 6) is 5.63. The van der Waals surface area contributed by atoms with Crippen molar-refractivity contribution in [3.05, 3.63) is 29.8 Å². The van der Waals surface area contributed by atoms with E-state index in [1.165, 1.54) is 5.48 Å². The van der Waals surface area contributed by atoms with Gasteiger partial charge in [-0.3, -0.25) is 10.0 Å². The van der Waals surface area contributed by atoms with Gasteiger partial charge in [-0.05, 0) is 31.0 Å². The van der Waals surface area contributed by atoms with Crippen LogP contribution in [0.5, 0.6) is 5.75 Å². The van der Waals surface area contributed by atoms with Gasteiger partial charge in [0.25, 0.3) is 5.91 Å². The van der Waals surface area contributed by atoms with E-state index < -0.39 is 11.9 Å². The van der Waals surface area contributed by atoms with Crippen LogP contribution in [-0.2, 0) is 11.2 Å². The van der Waals surface area contributed by atoms with E-state index in [1.54, 1.807) is 19.1 Å². The first kappa shape index (κ1) is 14.0. The summed E-state index contributed by atoms with van der Waals surface area (Å²) in [5.41, 5.74) is 7.99. The minimum absolute atomic E-state index is 0.349. The summed E-state index contributed by atoms with van der Waals surface area (Å²) in [6, 6.07) is 6.44. The Morgan fingerprint density at radius 2 is 2.17 bits per heavy atom. The van der Waals surface area contributed by atoms with Gasteiger partial charge in [-0.15, -0.1) is 5.92 Å². The Labute approximate surface area is 106 Å². The van der Waals surface area contributed by atoms with Crippen molar-refractivity contribution in [1.82, 2.24) is 5.48 Å². The Morgan fingerprint density at radius 3 is 2.72 bits per heavy atom. The molecule has 0 radical (unpaired) electrons. The van der Waals surface area contributed by atoms with Crippen molar-refractivity contribution in [2.75, 3.05) is 6.61 Å². The minimum atomic E-state index is -0.771. The first-order valence-corrected chi connectivity index (χ1v) is 5.48. The summed E-state index contributed by atoms with van der Waals surface area (Å²) in [6.07, 6.45) is 0.349. The second-order valence-corrected chi connectivity index (χ2v) is 3.65. The third-order valence-electron chi connectivity index (χ3n) is 2.31. The van der Waals surface area contributed by atoms with Crippen molar-refractivity contribution in [3.63, 3.8) is 0 Å². The maximum atomic E-state index is 11.0. The zero-order valence-corrected chi connectivity index (χ0v) is 10.1. The van der Waals surface area contributed by atoms with Gasteiger partial charge < -0.3 is 10.5 Å². The standard InChI is InChI=1S/C13H16N2O3/c1-2-3-8-18-11-6-4-10(5-7-11)9-12(14)13(16)15-17/h4-7,12,17H,8-9,14H2,1H3,(H,15,16)/t12-/m0/s1. The van der Waals surface area contributed by atoms with E-state index in [2.05, 4.69) is 11.8 Å². The molecule has 1 rings (SSSR count). The number of carbonyl (C=O) groups excluding carboxylic acids is 1. The van der Waals surface area contributed by atoms with Crippen molar-refractivity contribution in [2.45, 2.75) is 19.4 Å². The molecule has 5 nitrogen and oxygen atoms in total. The second kappa shape index (κ2) is 7.33. The molecule has 1 aromatic carbocycles. The lowest BCUT2D eigenvalue weighted by Crippen LogP contribution is -2.40. The maximum absolute atomic E-state index is 11.0. The van der Waals surface area contributed by atoms with Gasteiger partial charge in [0.1, 0.15) is 12.4 Å². The number of hydrogen-bond acceptors (Lipinski definition) is 4. The third kappa shape index (κ3) is 4.45. The molecular formula is C13H16N2O3. The number of nitrogens with two attached hydrogens (primary N) is 1. The molecule has 0 aliphatic heterocycles. The zero-order chi connectivity index (χ0) is 13.4. The van der Waals surface area contributed by atoms with Gasteiger partial charge in [-0.25, -0.2) is 5.48 Å². The predicted octanol–water partition coefficient (Wildman–Crippen LogP) is 0.464. The average molecular weight is 248 g/mol. The van der Waals surface area contributed by atoms with Crippen molar-refractivity contribution in [3.8, 4) is 17.6 Å². The number of hydrogen-bond donors (Lipinski definition) is 3. The summed E-state index contributed by atoms with van der Waals surface area (Å²) in [7, 11) is 0. The highest BCUT2D eigenvalue weighted by Crippen LogP contribution is 2.13. The van der Waals surface area contributed by atoms with Crippen LogP contribution in [0, 0.1) is 11.8 Å². The minimum Gasteiger partial charge on any atom is -0.481 e. The highest BCUT2D eigenvalue weighted by Gasteiger charge is 2.12. The SMILES string of the molecule is CC#CCOc1ccc(C[C@H](N)C(=O)NO)cc1. The van der Waals surface area contributed by atoms with Crippen LogP contribution in [0.25, 0.3) is 0 Å². The van der Waals surface area contributed by atoms with Crippen molar-refractivity contribution >= 4 is 5.91 Å². The fourth-order valence-corrected chi connectivity index (χ4v) is 1.34. The van der Waals surface area contributed by atoms with Crippen LogP contribution in [0.15, 0.2) is 24.3 Å². The number of carbonyl (C=O) groups is 1. The van der Waals surface area contributed by atoms with E-state index in [0.717, 1.165) is 5.56 Å². The van der Waals surface area contributed by atoms with Gasteiger partial charge in [-0.1, -0.05) is 18.1 Å². The van der Waals surface area contributed by atoms with Crippen molar-refractivity contribution < 1.29 is 14.7 Å². The fraction of sp³-hybridized carbons (Fsp3) is 0.308. The van der Waals surface area contributed by atoms with Crippen molar-refractivity contribution in [2.24, 2.45) is 5.73 Å². The van der Waals surface area contributed by atoms with Gasteiger partial charge in [-0.2, -0.15) is 0 Å². The highest BCUT2D eigenvalue weighted by molar-refractivity contribution is 5.80. The summed E-state index contributed by atoms with van der Waals surface area (Å²) >= 11 is 0. The fourth-order valence-electron chi connectivity index (χ4n) is 1.34. The molecule has 0 spiro atoms. The lowest BCUT2D eigenvalue weighted by atomic mass is 10.1. The van der Waals surface area contributed by atoms with E-state index in [0.29, 0.717) is 18.8 Å². The molecule has 0 unspecified atom stereocenters. The van der Waals surface area contributed by atoms with E-state index in [-0.39, 0.29) is 0 Å². The molecule has 0 saturated heterocycles. The maximum Gasteiger partial charge on any atom is 0.260 e. The van der Waals surface area contributed by atoms with Gasteiger partial charge in [0.05, 0.1) is 6.04 Å². The Morgan fingerprint density at radius 1 is 1.50 bits per heavy atom. The van der Waals surface area contributed by atoms with Crippen LogP contribution < -0.4 is 16.0 Å². The molecule has 0 aromatic heterocycles. The predicted molar refractivity (Wildman–Crippen MR) is 67.0 cm³/mol. The van der Waals surface area contributed by atoms with Crippen LogP contribution in [-0.4, -0.2) is 23.8 Å². The highest BCUT2D eigenvalue weighted by atomic mass is 16.5. The Kier molecular flexibility index (Phi) is 5.71. The summed E-state index contributed by atoms with van der Waals surface area (Å²) in [5, 5.41) is 8.44. The van der Waals surface area contributed by atoms with Crippen LogP contribution >= 0.6 is 0 Å². The number of amides is 1. The van der Waals surface area contributed by atoms with E-state index in [4.69, 9.17) is 15.7 Å². The van der Waals surface area contributed by atoms with Gasteiger partial charge in [0.15, 0.2) is 0 Å². The van der Waals surface area contributed by atoms with E-state index >= 15 is 0 Å². The summed E-state index contributed by atoms with van der Waals surface area (Å²) < 4.78 is 5.35. The quantitative estimate of drug-likeness (QED) is 0.401. The monoisotopic (exact) mass is 248 g/mol. The second-order valence-electron chi connectivity index (χ2n) is 3.65. The molecule has 96 valence electrons. The Hall–Kier alpha value is -2.03. The molecule has 1 aromatic rings. The molecule has 1 atom stereocenters. The number of benzene rings is 1.